The van der Waals surface area contributed by atoms with E-state index in [9.17, 15) is 14.4 Å². The highest BCUT2D eigenvalue weighted by Crippen LogP contribution is 2.06. The predicted octanol–water partition coefficient (Wildman–Crippen LogP) is 1.51. The van der Waals surface area contributed by atoms with Gasteiger partial charge in [-0.05, 0) is 17.7 Å². The van der Waals surface area contributed by atoms with Gasteiger partial charge in [0.2, 0.25) is 11.8 Å². The molecule has 1 aromatic carbocycles. The van der Waals surface area contributed by atoms with E-state index < -0.39 is 11.9 Å². The molecule has 0 spiro atoms. The van der Waals surface area contributed by atoms with E-state index in [2.05, 4.69) is 16.0 Å². The number of benzene rings is 1. The second-order valence-electron chi connectivity index (χ2n) is 6.43. The number of carbonyl (C=O) groups is 3. The summed E-state index contributed by atoms with van der Waals surface area (Å²) in [5, 5.41) is 8.19. The van der Waals surface area contributed by atoms with Crippen LogP contribution in [-0.4, -0.2) is 36.9 Å². The zero-order valence-electron chi connectivity index (χ0n) is 15.5. The molecule has 0 bridgehead atoms. The van der Waals surface area contributed by atoms with Crippen LogP contribution >= 0.6 is 0 Å². The lowest BCUT2D eigenvalue weighted by Gasteiger charge is -2.18. The van der Waals surface area contributed by atoms with Crippen LogP contribution in [-0.2, 0) is 16.0 Å². The fraction of sp³-hybridized carbons (Fsp3) is 0.350. The van der Waals surface area contributed by atoms with Crippen molar-refractivity contribution in [2.75, 3.05) is 13.1 Å². The van der Waals surface area contributed by atoms with Crippen LogP contribution in [0.2, 0.25) is 0 Å². The number of hydrogen-bond acceptors (Lipinski definition) is 4. The Hall–Kier alpha value is -3.09. The van der Waals surface area contributed by atoms with Crippen LogP contribution in [0.1, 0.15) is 30.0 Å². The molecule has 2 aromatic rings. The molecule has 0 radical (unpaired) electrons. The van der Waals surface area contributed by atoms with Crippen molar-refractivity contribution in [1.29, 1.82) is 0 Å². The number of hydrogen-bond donors (Lipinski definition) is 3. The molecule has 0 aliphatic rings. The Bertz CT molecular complexity index is 742. The summed E-state index contributed by atoms with van der Waals surface area (Å²) in [6.07, 6.45) is 1.75. The third-order valence-electron chi connectivity index (χ3n) is 3.90. The highest BCUT2D eigenvalue weighted by atomic mass is 16.3. The maximum atomic E-state index is 12.6. The first-order valence-electron chi connectivity index (χ1n) is 8.91. The number of amides is 3. The first-order valence-corrected chi connectivity index (χ1v) is 8.91. The highest BCUT2D eigenvalue weighted by molar-refractivity contribution is 5.95. The van der Waals surface area contributed by atoms with Gasteiger partial charge in [-0.1, -0.05) is 44.2 Å². The predicted molar refractivity (Wildman–Crippen MR) is 101 cm³/mol. The molecule has 2 rings (SSSR count). The van der Waals surface area contributed by atoms with Gasteiger partial charge in [0.1, 0.15) is 6.04 Å². The van der Waals surface area contributed by atoms with Gasteiger partial charge in [0, 0.05) is 25.4 Å². The fourth-order valence-electron chi connectivity index (χ4n) is 2.39. The molecule has 0 fully saturated rings. The van der Waals surface area contributed by atoms with E-state index in [1.807, 2.05) is 30.3 Å². The minimum atomic E-state index is -0.759. The van der Waals surface area contributed by atoms with Crippen LogP contribution in [0.3, 0.4) is 0 Å². The molecule has 7 nitrogen and oxygen atoms in total. The number of nitrogens with one attached hydrogen (secondary N) is 3. The van der Waals surface area contributed by atoms with E-state index in [4.69, 9.17) is 4.42 Å². The van der Waals surface area contributed by atoms with Gasteiger partial charge in [-0.3, -0.25) is 14.4 Å². The van der Waals surface area contributed by atoms with Crippen molar-refractivity contribution in [3.63, 3.8) is 0 Å². The largest absolute Gasteiger partial charge is 0.459 e. The Labute approximate surface area is 158 Å². The average Bonchev–Trinajstić information content (AvgIpc) is 3.20. The molecule has 27 heavy (non-hydrogen) atoms. The van der Waals surface area contributed by atoms with Crippen LogP contribution in [0.5, 0.6) is 0 Å². The third kappa shape index (κ3) is 6.62. The van der Waals surface area contributed by atoms with Crippen LogP contribution in [0, 0.1) is 5.92 Å². The number of carbonyl (C=O) groups excluding carboxylic acids is 3. The molecule has 0 saturated heterocycles. The van der Waals surface area contributed by atoms with Crippen LogP contribution < -0.4 is 16.0 Å². The highest BCUT2D eigenvalue weighted by Gasteiger charge is 2.22. The summed E-state index contributed by atoms with van der Waals surface area (Å²) < 4.78 is 5.08. The van der Waals surface area contributed by atoms with Gasteiger partial charge in [-0.15, -0.1) is 0 Å². The van der Waals surface area contributed by atoms with Crippen molar-refractivity contribution in [2.24, 2.45) is 5.92 Å². The van der Waals surface area contributed by atoms with E-state index >= 15 is 0 Å². The van der Waals surface area contributed by atoms with Crippen molar-refractivity contribution in [2.45, 2.75) is 26.3 Å². The second-order valence-corrected chi connectivity index (χ2v) is 6.43. The van der Waals surface area contributed by atoms with Gasteiger partial charge in [-0.25, -0.2) is 0 Å². The Kier molecular flexibility index (Phi) is 7.61. The van der Waals surface area contributed by atoms with Gasteiger partial charge < -0.3 is 20.4 Å². The molecule has 1 aromatic heterocycles. The molecule has 1 atom stereocenters. The van der Waals surface area contributed by atoms with Crippen LogP contribution in [0.15, 0.2) is 53.1 Å². The standard InChI is InChI=1S/C20H25N3O4/c1-14(2)18(24)21-10-11-22-19(25)16(13-15-7-4-3-5-8-15)23-20(26)17-9-6-12-27-17/h3-9,12,14,16H,10-11,13H2,1-2H3,(H,21,24)(H,22,25)(H,23,26)/t16-/m1/s1. The Balaban J connectivity index is 1.94. The maximum absolute atomic E-state index is 12.6. The van der Waals surface area contributed by atoms with Gasteiger partial charge in [0.25, 0.3) is 5.91 Å². The van der Waals surface area contributed by atoms with E-state index in [1.54, 1.807) is 19.9 Å². The molecule has 144 valence electrons. The summed E-state index contributed by atoms with van der Waals surface area (Å²) in [6, 6.07) is 11.8. The van der Waals surface area contributed by atoms with E-state index in [1.165, 1.54) is 12.3 Å². The Morgan fingerprint density at radius 2 is 1.59 bits per heavy atom. The molecule has 0 aliphatic heterocycles. The zero-order valence-corrected chi connectivity index (χ0v) is 15.5. The maximum Gasteiger partial charge on any atom is 0.287 e. The van der Waals surface area contributed by atoms with E-state index in [0.29, 0.717) is 13.0 Å². The third-order valence-corrected chi connectivity index (χ3v) is 3.90. The van der Waals surface area contributed by atoms with E-state index in [-0.39, 0.29) is 30.0 Å². The van der Waals surface area contributed by atoms with Crippen molar-refractivity contribution >= 4 is 17.7 Å². The number of furan rings is 1. The molecular formula is C20H25N3O4. The minimum absolute atomic E-state index is 0.0730. The average molecular weight is 371 g/mol. The van der Waals surface area contributed by atoms with Crippen molar-refractivity contribution in [3.05, 3.63) is 60.1 Å². The van der Waals surface area contributed by atoms with Crippen molar-refractivity contribution in [1.82, 2.24) is 16.0 Å². The molecule has 1 heterocycles. The normalized spacial score (nSPS) is 11.7. The second kappa shape index (κ2) is 10.2. The van der Waals surface area contributed by atoms with Crippen molar-refractivity contribution in [3.8, 4) is 0 Å². The summed E-state index contributed by atoms with van der Waals surface area (Å²) >= 11 is 0. The summed E-state index contributed by atoms with van der Waals surface area (Å²) in [5.74, 6) is -0.817. The quantitative estimate of drug-likeness (QED) is 0.582. The molecule has 0 aliphatic carbocycles. The molecule has 0 unspecified atom stereocenters. The molecule has 7 heteroatoms. The van der Waals surface area contributed by atoms with Crippen LogP contribution in [0.4, 0.5) is 0 Å². The lowest BCUT2D eigenvalue weighted by molar-refractivity contribution is -0.125. The van der Waals surface area contributed by atoms with Gasteiger partial charge >= 0.3 is 0 Å². The molecule has 3 N–H and O–H groups in total. The Morgan fingerprint density at radius 3 is 2.19 bits per heavy atom. The zero-order chi connectivity index (χ0) is 19.6. The summed E-state index contributed by atoms with van der Waals surface area (Å²) in [4.78, 5) is 36.4. The van der Waals surface area contributed by atoms with Gasteiger partial charge in [0.15, 0.2) is 5.76 Å². The summed E-state index contributed by atoms with van der Waals surface area (Å²) in [6.45, 7) is 4.20. The molecule has 3 amide bonds. The van der Waals surface area contributed by atoms with Gasteiger partial charge in [0.05, 0.1) is 6.26 Å². The number of rotatable bonds is 9. The monoisotopic (exact) mass is 371 g/mol. The summed E-state index contributed by atoms with van der Waals surface area (Å²) in [5.41, 5.74) is 0.922. The lowest BCUT2D eigenvalue weighted by atomic mass is 10.1. The summed E-state index contributed by atoms with van der Waals surface area (Å²) in [7, 11) is 0. The topological polar surface area (TPSA) is 100 Å². The first-order chi connectivity index (χ1) is 13.0. The van der Waals surface area contributed by atoms with Crippen molar-refractivity contribution < 1.29 is 18.8 Å². The van der Waals surface area contributed by atoms with Crippen LogP contribution in [0.25, 0.3) is 0 Å². The van der Waals surface area contributed by atoms with E-state index in [0.717, 1.165) is 5.56 Å². The molecule has 0 saturated carbocycles. The van der Waals surface area contributed by atoms with Gasteiger partial charge in [-0.2, -0.15) is 0 Å². The Morgan fingerprint density at radius 1 is 0.926 bits per heavy atom. The minimum Gasteiger partial charge on any atom is -0.459 e. The fourth-order valence-corrected chi connectivity index (χ4v) is 2.39. The smallest absolute Gasteiger partial charge is 0.287 e. The lowest BCUT2D eigenvalue weighted by Crippen LogP contribution is -2.49. The first kappa shape index (κ1) is 20.2. The molecular weight excluding hydrogens is 346 g/mol. The SMILES string of the molecule is CC(C)C(=O)NCCNC(=O)[C@@H](Cc1ccccc1)NC(=O)c1ccco1.